The van der Waals surface area contributed by atoms with E-state index in [-0.39, 0.29) is 6.42 Å². The molecule has 0 amide bonds. The minimum atomic E-state index is -0.741. The van der Waals surface area contributed by atoms with Crippen LogP contribution in [0.25, 0.3) is 10.9 Å². The minimum absolute atomic E-state index is 0.213. The van der Waals surface area contributed by atoms with Gasteiger partial charge in [-0.15, -0.1) is 0 Å². The largest absolute Gasteiger partial charge is 0.481 e. The molecule has 94 valence electrons. The molecule has 0 saturated carbocycles. The highest BCUT2D eigenvalue weighted by molar-refractivity contribution is 5.83. The van der Waals surface area contributed by atoms with Gasteiger partial charge in [-0.1, -0.05) is 12.1 Å². The van der Waals surface area contributed by atoms with Crippen molar-refractivity contribution < 1.29 is 9.90 Å². The standard InChI is InChI=1S/C15H17NO2/c1-10-6-7-13-8-12(4-3-5-14(17)18)9-16-15(13)11(10)2/h6-9H,3-5H2,1-2H3,(H,17,18). The first-order valence-electron chi connectivity index (χ1n) is 6.14. The first-order valence-corrected chi connectivity index (χ1v) is 6.14. The van der Waals surface area contributed by atoms with E-state index in [0.717, 1.165) is 22.9 Å². The first kappa shape index (κ1) is 12.6. The fourth-order valence-corrected chi connectivity index (χ4v) is 2.07. The van der Waals surface area contributed by atoms with Gasteiger partial charge in [-0.3, -0.25) is 9.78 Å². The molecule has 0 aliphatic rings. The van der Waals surface area contributed by atoms with E-state index in [4.69, 9.17) is 5.11 Å². The summed E-state index contributed by atoms with van der Waals surface area (Å²) >= 11 is 0. The normalized spacial score (nSPS) is 10.8. The molecule has 0 fully saturated rings. The smallest absolute Gasteiger partial charge is 0.303 e. The van der Waals surface area contributed by atoms with Gasteiger partial charge in [-0.2, -0.15) is 0 Å². The lowest BCUT2D eigenvalue weighted by atomic mass is 10.0. The molecule has 0 atom stereocenters. The number of carboxylic acids is 1. The van der Waals surface area contributed by atoms with Gasteiger partial charge in [0.25, 0.3) is 0 Å². The number of benzene rings is 1. The Bertz CT molecular complexity index is 590. The van der Waals surface area contributed by atoms with Gasteiger partial charge in [0.05, 0.1) is 5.52 Å². The molecule has 1 N–H and O–H groups in total. The Hall–Kier alpha value is -1.90. The summed E-state index contributed by atoms with van der Waals surface area (Å²) in [6, 6.07) is 6.28. The SMILES string of the molecule is Cc1ccc2cc(CCCC(=O)O)cnc2c1C. The maximum absolute atomic E-state index is 10.5. The maximum atomic E-state index is 10.5. The Labute approximate surface area is 106 Å². The predicted octanol–water partition coefficient (Wildman–Crippen LogP) is 3.26. The number of fused-ring (bicyclic) bond motifs is 1. The molecule has 0 saturated heterocycles. The van der Waals surface area contributed by atoms with Crippen molar-refractivity contribution in [3.05, 3.63) is 41.1 Å². The second-order valence-corrected chi connectivity index (χ2v) is 4.67. The van der Waals surface area contributed by atoms with Crippen LogP contribution >= 0.6 is 0 Å². The number of aryl methyl sites for hydroxylation is 3. The fraction of sp³-hybridized carbons (Fsp3) is 0.333. The lowest BCUT2D eigenvalue weighted by Gasteiger charge is -2.07. The number of hydrogen-bond acceptors (Lipinski definition) is 2. The highest BCUT2D eigenvalue weighted by atomic mass is 16.4. The average Bonchev–Trinajstić information content (AvgIpc) is 2.33. The van der Waals surface area contributed by atoms with E-state index < -0.39 is 5.97 Å². The van der Waals surface area contributed by atoms with Crippen molar-refractivity contribution in [1.82, 2.24) is 4.98 Å². The molecule has 0 unspecified atom stereocenters. The highest BCUT2D eigenvalue weighted by Crippen LogP contribution is 2.20. The molecule has 1 aromatic heterocycles. The summed E-state index contributed by atoms with van der Waals surface area (Å²) in [4.78, 5) is 15.0. The average molecular weight is 243 g/mol. The molecule has 0 aliphatic carbocycles. The molecule has 0 spiro atoms. The van der Waals surface area contributed by atoms with Crippen molar-refractivity contribution >= 4 is 16.9 Å². The number of hydrogen-bond donors (Lipinski definition) is 1. The van der Waals surface area contributed by atoms with Gasteiger partial charge in [0.15, 0.2) is 0 Å². The summed E-state index contributed by atoms with van der Waals surface area (Å²) in [5.41, 5.74) is 4.60. The molecule has 0 bridgehead atoms. The third kappa shape index (κ3) is 2.67. The number of carboxylic acid groups (broad SMARTS) is 1. The van der Waals surface area contributed by atoms with Crippen LogP contribution in [0, 0.1) is 13.8 Å². The highest BCUT2D eigenvalue weighted by Gasteiger charge is 2.04. The van der Waals surface area contributed by atoms with Gasteiger partial charge in [-0.25, -0.2) is 0 Å². The van der Waals surface area contributed by atoms with Gasteiger partial charge < -0.3 is 5.11 Å². The lowest BCUT2D eigenvalue weighted by molar-refractivity contribution is -0.137. The van der Waals surface area contributed by atoms with E-state index in [2.05, 4.69) is 37.0 Å². The van der Waals surface area contributed by atoms with E-state index in [1.165, 1.54) is 11.1 Å². The number of aromatic nitrogens is 1. The van der Waals surface area contributed by atoms with E-state index in [1.54, 1.807) is 0 Å². The van der Waals surface area contributed by atoms with Crippen LogP contribution < -0.4 is 0 Å². The van der Waals surface area contributed by atoms with Gasteiger partial charge in [0, 0.05) is 18.0 Å². The van der Waals surface area contributed by atoms with Crippen LogP contribution in [0.5, 0.6) is 0 Å². The molecule has 2 aromatic rings. The number of rotatable bonds is 4. The molecule has 18 heavy (non-hydrogen) atoms. The zero-order valence-corrected chi connectivity index (χ0v) is 10.7. The summed E-state index contributed by atoms with van der Waals surface area (Å²) in [7, 11) is 0. The summed E-state index contributed by atoms with van der Waals surface area (Å²) in [5, 5.41) is 9.75. The molecule has 1 heterocycles. The van der Waals surface area contributed by atoms with E-state index in [1.807, 2.05) is 6.20 Å². The van der Waals surface area contributed by atoms with E-state index in [0.29, 0.717) is 6.42 Å². The quantitative estimate of drug-likeness (QED) is 0.896. The molecule has 0 radical (unpaired) electrons. The minimum Gasteiger partial charge on any atom is -0.481 e. The molecular formula is C15H17NO2. The van der Waals surface area contributed by atoms with Crippen molar-refractivity contribution in [1.29, 1.82) is 0 Å². The van der Waals surface area contributed by atoms with Crippen LogP contribution in [0.4, 0.5) is 0 Å². The van der Waals surface area contributed by atoms with Gasteiger partial charge in [0.2, 0.25) is 0 Å². The lowest BCUT2D eigenvalue weighted by Crippen LogP contribution is -1.96. The van der Waals surface area contributed by atoms with Crippen LogP contribution in [-0.2, 0) is 11.2 Å². The van der Waals surface area contributed by atoms with Gasteiger partial charge in [-0.05, 0) is 49.4 Å². The topological polar surface area (TPSA) is 50.2 Å². The Morgan fingerprint density at radius 1 is 1.33 bits per heavy atom. The fourth-order valence-electron chi connectivity index (χ4n) is 2.07. The maximum Gasteiger partial charge on any atom is 0.303 e. The summed E-state index contributed by atoms with van der Waals surface area (Å²) in [6.07, 6.45) is 3.50. The first-order chi connectivity index (χ1) is 8.58. The van der Waals surface area contributed by atoms with Crippen LogP contribution in [0.1, 0.15) is 29.5 Å². The Morgan fingerprint density at radius 2 is 2.11 bits per heavy atom. The second-order valence-electron chi connectivity index (χ2n) is 4.67. The van der Waals surface area contributed by atoms with E-state index >= 15 is 0 Å². The Morgan fingerprint density at radius 3 is 2.83 bits per heavy atom. The predicted molar refractivity (Wildman–Crippen MR) is 71.8 cm³/mol. The molecule has 1 aromatic carbocycles. The van der Waals surface area contributed by atoms with Crippen molar-refractivity contribution in [2.24, 2.45) is 0 Å². The van der Waals surface area contributed by atoms with Crippen molar-refractivity contribution in [3.63, 3.8) is 0 Å². The zero-order chi connectivity index (χ0) is 13.1. The van der Waals surface area contributed by atoms with Crippen molar-refractivity contribution in [3.8, 4) is 0 Å². The van der Waals surface area contributed by atoms with Crippen molar-refractivity contribution in [2.45, 2.75) is 33.1 Å². The second kappa shape index (κ2) is 5.17. The monoisotopic (exact) mass is 243 g/mol. The van der Waals surface area contributed by atoms with Crippen molar-refractivity contribution in [2.75, 3.05) is 0 Å². The van der Waals surface area contributed by atoms with Gasteiger partial charge in [0.1, 0.15) is 0 Å². The number of pyridine rings is 1. The number of aliphatic carboxylic acids is 1. The molecule has 3 heteroatoms. The molecular weight excluding hydrogens is 226 g/mol. The molecule has 3 nitrogen and oxygen atoms in total. The molecule has 0 aliphatic heterocycles. The third-order valence-electron chi connectivity index (χ3n) is 3.29. The number of nitrogens with zero attached hydrogens (tertiary/aromatic N) is 1. The summed E-state index contributed by atoms with van der Waals surface area (Å²) < 4.78 is 0. The summed E-state index contributed by atoms with van der Waals surface area (Å²) in [5.74, 6) is -0.741. The Kier molecular flexibility index (Phi) is 3.60. The van der Waals surface area contributed by atoms with Crippen LogP contribution in [-0.4, -0.2) is 16.1 Å². The van der Waals surface area contributed by atoms with Gasteiger partial charge >= 0.3 is 5.97 Å². The van der Waals surface area contributed by atoms with E-state index in [9.17, 15) is 4.79 Å². The van der Waals surface area contributed by atoms with Crippen LogP contribution in [0.15, 0.2) is 24.4 Å². The van der Waals surface area contributed by atoms with Crippen LogP contribution in [0.2, 0.25) is 0 Å². The zero-order valence-electron chi connectivity index (χ0n) is 10.7. The summed E-state index contributed by atoms with van der Waals surface area (Å²) in [6.45, 7) is 4.16. The molecule has 2 rings (SSSR count). The Balaban J connectivity index is 2.23. The van der Waals surface area contributed by atoms with Crippen LogP contribution in [0.3, 0.4) is 0 Å². The third-order valence-corrected chi connectivity index (χ3v) is 3.29. The number of carbonyl (C=O) groups is 1.